The predicted octanol–water partition coefficient (Wildman–Crippen LogP) is -1.05. The van der Waals surface area contributed by atoms with E-state index in [0.29, 0.717) is 6.54 Å². The summed E-state index contributed by atoms with van der Waals surface area (Å²) in [6, 6.07) is 0. The number of carbonyl (C=O) groups is 1. The van der Waals surface area contributed by atoms with E-state index in [9.17, 15) is 4.79 Å². The molecule has 1 aliphatic heterocycles. The molecule has 0 fully saturated rings. The van der Waals surface area contributed by atoms with Crippen LogP contribution < -0.4 is 18.9 Å². The number of ether oxygens (including phenoxy) is 1. The van der Waals surface area contributed by atoms with Crippen LogP contribution in [0.2, 0.25) is 0 Å². The van der Waals surface area contributed by atoms with Crippen molar-refractivity contribution in [3.05, 3.63) is 12.3 Å². The van der Waals surface area contributed by atoms with Crippen LogP contribution in [0.25, 0.3) is 0 Å². The summed E-state index contributed by atoms with van der Waals surface area (Å²) in [4.78, 5) is 12.7. The number of nitrogens with zero attached hydrogens (tertiary/aromatic N) is 1. The third-order valence-electron chi connectivity index (χ3n) is 1.36. The molecule has 0 aromatic heterocycles. The fourth-order valence-electron chi connectivity index (χ4n) is 0.894. The van der Waals surface area contributed by atoms with Crippen LogP contribution in [0.1, 0.15) is 27.2 Å². The van der Waals surface area contributed by atoms with E-state index in [1.54, 1.807) is 0 Å². The van der Waals surface area contributed by atoms with Crippen LogP contribution in [0.5, 0.6) is 0 Å². The van der Waals surface area contributed by atoms with Gasteiger partial charge in [-0.05, 0) is 33.7 Å². The molecule has 1 heterocycles. The van der Waals surface area contributed by atoms with Crippen molar-refractivity contribution in [3.63, 3.8) is 0 Å². The van der Waals surface area contributed by atoms with E-state index in [0.717, 1.165) is 6.42 Å². The predicted molar refractivity (Wildman–Crippen MR) is 45.4 cm³/mol. The Bertz CT molecular complexity index is 208. The van der Waals surface area contributed by atoms with Gasteiger partial charge in [-0.15, -0.1) is 0 Å². The van der Waals surface area contributed by atoms with Crippen molar-refractivity contribution >= 4 is 6.09 Å². The summed E-state index contributed by atoms with van der Waals surface area (Å²) >= 11 is 0. The average molecular weight is 175 g/mol. The number of hydrogen-bond donors (Lipinski definition) is 0. The summed E-state index contributed by atoms with van der Waals surface area (Å²) in [5.74, 6) is 0. The molecular weight excluding hydrogens is 161 g/mol. The summed E-state index contributed by atoms with van der Waals surface area (Å²) in [5.41, 5.74) is -0.415. The first-order valence-corrected chi connectivity index (χ1v) is 4.07. The third kappa shape index (κ3) is 4.40. The maximum Gasteiger partial charge on any atom is 1.00 e. The van der Waals surface area contributed by atoms with E-state index >= 15 is 0 Å². The molecule has 0 spiro atoms. The van der Waals surface area contributed by atoms with Gasteiger partial charge in [0.1, 0.15) is 0 Å². The van der Waals surface area contributed by atoms with Gasteiger partial charge in [-0.1, -0.05) is 0 Å². The molecule has 4 heteroatoms. The van der Waals surface area contributed by atoms with Gasteiger partial charge in [0.15, 0.2) is 0 Å². The molecule has 1 rings (SSSR count). The smallest absolute Gasteiger partial charge is 0.530 e. The molecule has 0 atom stereocenters. The number of hydrogen-bond acceptors (Lipinski definition) is 2. The standard InChI is InChI=1S/C9H14NO2.Li/c1-9(2,3)12-8(11)10-6-4-5-7-10;/h4H,5,7H2,1-3H3;/q-1;+1. The molecule has 0 N–H and O–H groups in total. The zero-order chi connectivity index (χ0) is 9.19. The van der Waals surface area contributed by atoms with Crippen LogP contribution >= 0.6 is 0 Å². The van der Waals surface area contributed by atoms with Gasteiger partial charge in [0.05, 0.1) is 5.60 Å². The van der Waals surface area contributed by atoms with Crippen LogP contribution in [0.15, 0.2) is 6.08 Å². The normalized spacial score (nSPS) is 15.5. The molecular formula is C9H14LiNO2. The van der Waals surface area contributed by atoms with Crippen LogP contribution in [-0.4, -0.2) is 23.1 Å². The minimum atomic E-state index is -0.415. The second kappa shape index (κ2) is 4.74. The first kappa shape index (κ1) is 12.6. The molecule has 13 heavy (non-hydrogen) atoms. The van der Waals surface area contributed by atoms with Gasteiger partial charge in [-0.25, -0.2) is 0 Å². The van der Waals surface area contributed by atoms with E-state index in [2.05, 4.69) is 6.20 Å². The summed E-state index contributed by atoms with van der Waals surface area (Å²) in [6.07, 6.45) is 5.22. The van der Waals surface area contributed by atoms with Gasteiger partial charge in [-0.3, -0.25) is 0 Å². The van der Waals surface area contributed by atoms with Gasteiger partial charge in [0, 0.05) is 0 Å². The van der Waals surface area contributed by atoms with Crippen molar-refractivity contribution < 1.29 is 28.4 Å². The summed E-state index contributed by atoms with van der Waals surface area (Å²) in [6.45, 7) is 6.25. The quantitative estimate of drug-likeness (QED) is 0.347. The minimum Gasteiger partial charge on any atom is -0.530 e. The van der Waals surface area contributed by atoms with Gasteiger partial charge in [0.25, 0.3) is 0 Å². The Labute approximate surface area is 91.3 Å². The Morgan fingerprint density at radius 2 is 2.15 bits per heavy atom. The van der Waals surface area contributed by atoms with E-state index in [4.69, 9.17) is 4.74 Å². The molecule has 0 aliphatic carbocycles. The maximum atomic E-state index is 11.3. The Balaban J connectivity index is 0.00000144. The molecule has 0 saturated heterocycles. The van der Waals surface area contributed by atoms with Crippen molar-refractivity contribution in [1.29, 1.82) is 0 Å². The monoisotopic (exact) mass is 175 g/mol. The topological polar surface area (TPSA) is 29.5 Å². The fraction of sp³-hybridized carbons (Fsp3) is 0.667. The van der Waals surface area contributed by atoms with Crippen molar-refractivity contribution in [2.45, 2.75) is 32.8 Å². The Kier molecular flexibility index (Phi) is 4.59. The van der Waals surface area contributed by atoms with E-state index < -0.39 is 5.60 Å². The molecule has 3 nitrogen and oxygen atoms in total. The van der Waals surface area contributed by atoms with E-state index in [-0.39, 0.29) is 25.0 Å². The first-order valence-electron chi connectivity index (χ1n) is 4.07. The largest absolute Gasteiger partial charge is 1.00 e. The molecule has 0 aromatic rings. The van der Waals surface area contributed by atoms with Crippen molar-refractivity contribution in [1.82, 2.24) is 4.90 Å². The molecule has 1 amide bonds. The first-order chi connectivity index (χ1) is 5.49. The number of carbonyl (C=O) groups excluding carboxylic acids is 1. The van der Waals surface area contributed by atoms with Gasteiger partial charge in [0.2, 0.25) is 6.09 Å². The van der Waals surface area contributed by atoms with Crippen molar-refractivity contribution in [2.75, 3.05) is 6.54 Å². The van der Waals surface area contributed by atoms with Crippen LogP contribution in [0.4, 0.5) is 4.79 Å². The SMILES string of the molecule is CC(C)(C)OC(=O)N1[C-]=CCC1.[Li+]. The molecule has 0 aromatic carbocycles. The van der Waals surface area contributed by atoms with Gasteiger partial charge in [-0.2, -0.15) is 12.3 Å². The number of amides is 1. The summed E-state index contributed by atoms with van der Waals surface area (Å²) in [7, 11) is 0. The van der Waals surface area contributed by atoms with E-state index in [1.807, 2.05) is 26.8 Å². The summed E-state index contributed by atoms with van der Waals surface area (Å²) < 4.78 is 5.13. The van der Waals surface area contributed by atoms with Crippen molar-refractivity contribution in [3.8, 4) is 0 Å². The molecule has 0 bridgehead atoms. The molecule has 0 unspecified atom stereocenters. The summed E-state index contributed by atoms with van der Waals surface area (Å²) in [5, 5.41) is 0. The number of rotatable bonds is 0. The second-order valence-corrected chi connectivity index (χ2v) is 3.75. The molecule has 1 aliphatic rings. The maximum absolute atomic E-state index is 11.3. The zero-order valence-corrected chi connectivity index (χ0v) is 8.76. The molecule has 68 valence electrons. The fourth-order valence-corrected chi connectivity index (χ4v) is 0.894. The Hall–Kier alpha value is -0.393. The molecule has 0 saturated carbocycles. The van der Waals surface area contributed by atoms with Gasteiger partial charge < -0.3 is 14.4 Å². The molecule has 0 radical (unpaired) electrons. The third-order valence-corrected chi connectivity index (χ3v) is 1.36. The van der Waals surface area contributed by atoms with Gasteiger partial charge >= 0.3 is 18.9 Å². The average Bonchev–Trinajstić information content (AvgIpc) is 2.32. The Morgan fingerprint density at radius 1 is 1.54 bits per heavy atom. The minimum absolute atomic E-state index is 0. The van der Waals surface area contributed by atoms with E-state index in [1.165, 1.54) is 4.90 Å². The second-order valence-electron chi connectivity index (χ2n) is 3.75. The van der Waals surface area contributed by atoms with Crippen LogP contribution in [0, 0.1) is 6.20 Å². The van der Waals surface area contributed by atoms with Crippen LogP contribution in [0.3, 0.4) is 0 Å². The van der Waals surface area contributed by atoms with Crippen LogP contribution in [-0.2, 0) is 4.74 Å². The Morgan fingerprint density at radius 3 is 2.54 bits per heavy atom. The zero-order valence-electron chi connectivity index (χ0n) is 8.76. The van der Waals surface area contributed by atoms with Crippen molar-refractivity contribution in [2.24, 2.45) is 0 Å².